The van der Waals surface area contributed by atoms with Gasteiger partial charge in [0.2, 0.25) is 5.91 Å². The van der Waals surface area contributed by atoms with Gasteiger partial charge in [0, 0.05) is 44.1 Å². The first-order valence-corrected chi connectivity index (χ1v) is 7.72. The molecule has 1 heterocycles. The van der Waals surface area contributed by atoms with Crippen LogP contribution in [0.2, 0.25) is 0 Å². The maximum Gasteiger partial charge on any atom is 0.269 e. The zero-order valence-corrected chi connectivity index (χ0v) is 14.1. The normalized spacial score (nSPS) is 16.2. The summed E-state index contributed by atoms with van der Waals surface area (Å²) in [6.45, 7) is 2.82. The lowest BCUT2D eigenvalue weighted by molar-refractivity contribution is -0.384. The summed E-state index contributed by atoms with van der Waals surface area (Å²) in [4.78, 5) is 21.7. The Morgan fingerprint density at radius 2 is 2.04 bits per heavy atom. The Balaban J connectivity index is 0.00000288. The lowest BCUT2D eigenvalue weighted by Gasteiger charge is -2.11. The van der Waals surface area contributed by atoms with Gasteiger partial charge in [0.1, 0.15) is 0 Å². The van der Waals surface area contributed by atoms with Crippen LogP contribution >= 0.6 is 12.4 Å². The minimum Gasteiger partial charge on any atom is -0.383 e. The van der Waals surface area contributed by atoms with Crippen LogP contribution < -0.4 is 16.0 Å². The fraction of sp³-hybridized carbons (Fsp3) is 0.533. The van der Waals surface area contributed by atoms with Gasteiger partial charge in [-0.1, -0.05) is 0 Å². The molecular weight excluding hydrogens is 336 g/mol. The molecule has 1 aliphatic rings. The molecule has 9 heteroatoms. The average molecular weight is 359 g/mol. The van der Waals surface area contributed by atoms with Crippen molar-refractivity contribution in [3.8, 4) is 0 Å². The number of nitro benzene ring substituents is 1. The van der Waals surface area contributed by atoms with Crippen molar-refractivity contribution in [2.45, 2.75) is 18.9 Å². The molecule has 3 N–H and O–H groups in total. The Labute approximate surface area is 146 Å². The number of hydrogen-bond donors (Lipinski definition) is 3. The van der Waals surface area contributed by atoms with Gasteiger partial charge in [-0.3, -0.25) is 14.9 Å². The van der Waals surface area contributed by atoms with Crippen LogP contribution in [0.25, 0.3) is 0 Å². The second-order valence-corrected chi connectivity index (χ2v) is 5.35. The Kier molecular flexibility index (Phi) is 9.06. The third kappa shape index (κ3) is 7.12. The van der Waals surface area contributed by atoms with Gasteiger partial charge >= 0.3 is 0 Å². The minimum absolute atomic E-state index is 0. The number of anilines is 1. The molecule has 0 aliphatic carbocycles. The van der Waals surface area contributed by atoms with Gasteiger partial charge in [-0.25, -0.2) is 0 Å². The first-order valence-electron chi connectivity index (χ1n) is 7.72. The van der Waals surface area contributed by atoms with Gasteiger partial charge in [0.25, 0.3) is 5.69 Å². The molecule has 1 aromatic carbocycles. The Hall–Kier alpha value is -1.90. The van der Waals surface area contributed by atoms with Gasteiger partial charge in [-0.2, -0.15) is 0 Å². The van der Waals surface area contributed by atoms with Crippen molar-refractivity contribution in [1.29, 1.82) is 0 Å². The van der Waals surface area contributed by atoms with Crippen molar-refractivity contribution in [3.05, 3.63) is 34.4 Å². The number of nitrogens with zero attached hydrogens (tertiary/aromatic N) is 1. The molecule has 1 unspecified atom stereocenters. The first kappa shape index (κ1) is 20.1. The predicted octanol–water partition coefficient (Wildman–Crippen LogP) is 1.31. The number of hydrogen-bond acceptors (Lipinski definition) is 6. The highest BCUT2D eigenvalue weighted by molar-refractivity contribution is 5.85. The number of carbonyl (C=O) groups is 1. The number of rotatable bonds is 9. The van der Waals surface area contributed by atoms with E-state index in [1.807, 2.05) is 0 Å². The number of carbonyl (C=O) groups excluding carboxylic acids is 1. The summed E-state index contributed by atoms with van der Waals surface area (Å²) in [7, 11) is 0. The number of benzene rings is 1. The van der Waals surface area contributed by atoms with Crippen LogP contribution in [0.5, 0.6) is 0 Å². The van der Waals surface area contributed by atoms with Crippen LogP contribution in [0, 0.1) is 10.1 Å². The molecule has 134 valence electrons. The molecule has 1 atom stereocenters. The average Bonchev–Trinajstić information content (AvgIpc) is 3.05. The quantitative estimate of drug-likeness (QED) is 0.349. The molecule has 0 aromatic heterocycles. The molecule has 0 saturated carbocycles. The zero-order chi connectivity index (χ0) is 16.5. The van der Waals surface area contributed by atoms with Gasteiger partial charge in [0.15, 0.2) is 0 Å². The van der Waals surface area contributed by atoms with E-state index < -0.39 is 4.92 Å². The molecule has 0 spiro atoms. The van der Waals surface area contributed by atoms with Crippen molar-refractivity contribution in [3.63, 3.8) is 0 Å². The lowest BCUT2D eigenvalue weighted by atomic mass is 10.2. The van der Waals surface area contributed by atoms with Crippen LogP contribution in [-0.2, 0) is 9.53 Å². The topological polar surface area (TPSA) is 106 Å². The van der Waals surface area contributed by atoms with Gasteiger partial charge in [-0.15, -0.1) is 12.4 Å². The van der Waals surface area contributed by atoms with E-state index in [4.69, 9.17) is 4.74 Å². The van der Waals surface area contributed by atoms with E-state index in [0.29, 0.717) is 19.6 Å². The standard InChI is InChI=1S/C15H22N4O4.ClH/c20-15(11-16-10-14-2-1-9-23-14)18-8-7-17-12-3-5-13(6-4-12)19(21)22;/h3-6,14,16-17H,1-2,7-11H2,(H,18,20);1H. The number of nitro groups is 1. The van der Waals surface area contributed by atoms with Crippen molar-refractivity contribution in [2.24, 2.45) is 0 Å². The molecule has 1 amide bonds. The van der Waals surface area contributed by atoms with E-state index in [0.717, 1.165) is 25.1 Å². The highest BCUT2D eigenvalue weighted by Gasteiger charge is 2.14. The molecule has 8 nitrogen and oxygen atoms in total. The molecule has 0 bridgehead atoms. The van der Waals surface area contributed by atoms with Crippen molar-refractivity contribution < 1.29 is 14.5 Å². The van der Waals surface area contributed by atoms with Crippen molar-refractivity contribution in [2.75, 3.05) is 38.1 Å². The maximum atomic E-state index is 11.6. The summed E-state index contributed by atoms with van der Waals surface area (Å²) >= 11 is 0. The number of amides is 1. The molecule has 0 radical (unpaired) electrons. The van der Waals surface area contributed by atoms with Crippen LogP contribution in [0.4, 0.5) is 11.4 Å². The summed E-state index contributed by atoms with van der Waals surface area (Å²) in [6, 6.07) is 6.16. The number of halogens is 1. The summed E-state index contributed by atoms with van der Waals surface area (Å²) in [6.07, 6.45) is 2.37. The third-order valence-electron chi connectivity index (χ3n) is 3.54. The summed E-state index contributed by atoms with van der Waals surface area (Å²) in [5, 5.41) is 19.5. The van der Waals surface area contributed by atoms with Crippen LogP contribution in [0.1, 0.15) is 12.8 Å². The predicted molar refractivity (Wildman–Crippen MR) is 93.7 cm³/mol. The molecule has 1 fully saturated rings. The SMILES string of the molecule is Cl.O=C(CNCC1CCCO1)NCCNc1ccc([N+](=O)[O-])cc1. The highest BCUT2D eigenvalue weighted by Crippen LogP contribution is 2.14. The first-order chi connectivity index (χ1) is 11.1. The highest BCUT2D eigenvalue weighted by atomic mass is 35.5. The van der Waals surface area contributed by atoms with E-state index in [9.17, 15) is 14.9 Å². The number of nitrogens with one attached hydrogen (secondary N) is 3. The Morgan fingerprint density at radius 3 is 2.67 bits per heavy atom. The van der Waals surface area contributed by atoms with Crippen LogP contribution in [0.15, 0.2) is 24.3 Å². The van der Waals surface area contributed by atoms with E-state index in [2.05, 4.69) is 16.0 Å². The van der Waals surface area contributed by atoms with Crippen molar-refractivity contribution >= 4 is 29.7 Å². The fourth-order valence-corrected chi connectivity index (χ4v) is 2.32. The van der Waals surface area contributed by atoms with E-state index in [1.165, 1.54) is 12.1 Å². The zero-order valence-electron chi connectivity index (χ0n) is 13.3. The van der Waals surface area contributed by atoms with Gasteiger partial charge in [-0.05, 0) is 25.0 Å². The molecule has 1 aliphatic heterocycles. The number of ether oxygens (including phenoxy) is 1. The monoisotopic (exact) mass is 358 g/mol. The molecular formula is C15H23ClN4O4. The Morgan fingerprint density at radius 1 is 1.29 bits per heavy atom. The van der Waals surface area contributed by atoms with Crippen molar-refractivity contribution in [1.82, 2.24) is 10.6 Å². The largest absolute Gasteiger partial charge is 0.383 e. The van der Waals surface area contributed by atoms with Gasteiger partial charge < -0.3 is 20.7 Å². The minimum atomic E-state index is -0.437. The molecule has 1 aromatic rings. The van der Waals surface area contributed by atoms with Crippen LogP contribution in [0.3, 0.4) is 0 Å². The summed E-state index contributed by atoms with van der Waals surface area (Å²) in [5.74, 6) is -0.0616. The number of non-ortho nitro benzene ring substituents is 1. The van der Waals surface area contributed by atoms with E-state index in [-0.39, 0.29) is 36.7 Å². The Bertz CT molecular complexity index is 521. The molecule has 24 heavy (non-hydrogen) atoms. The lowest BCUT2D eigenvalue weighted by Crippen LogP contribution is -2.38. The van der Waals surface area contributed by atoms with E-state index >= 15 is 0 Å². The van der Waals surface area contributed by atoms with E-state index in [1.54, 1.807) is 12.1 Å². The second-order valence-electron chi connectivity index (χ2n) is 5.35. The molecule has 1 saturated heterocycles. The fourth-order valence-electron chi connectivity index (χ4n) is 2.32. The summed E-state index contributed by atoms with van der Waals surface area (Å²) < 4.78 is 5.46. The third-order valence-corrected chi connectivity index (χ3v) is 3.54. The van der Waals surface area contributed by atoms with Gasteiger partial charge in [0.05, 0.1) is 17.6 Å². The molecule has 2 rings (SSSR count). The maximum absolute atomic E-state index is 11.6. The van der Waals surface area contributed by atoms with Crippen LogP contribution in [-0.4, -0.2) is 49.7 Å². The summed E-state index contributed by atoms with van der Waals surface area (Å²) in [5.41, 5.74) is 0.836. The smallest absolute Gasteiger partial charge is 0.269 e. The second kappa shape index (κ2) is 10.8.